The summed E-state index contributed by atoms with van der Waals surface area (Å²) in [5.74, 6) is -0.117. The van der Waals surface area contributed by atoms with Gasteiger partial charge in [-0.1, -0.05) is 40.2 Å². The van der Waals surface area contributed by atoms with Crippen LogP contribution in [-0.4, -0.2) is 11.1 Å². The first-order valence-electron chi connectivity index (χ1n) is 6.02. The predicted molar refractivity (Wildman–Crippen MR) is 85.9 cm³/mol. The van der Waals surface area contributed by atoms with Crippen molar-refractivity contribution < 1.29 is 9.90 Å². The normalized spacial score (nSPS) is 10.4. The summed E-state index contributed by atoms with van der Waals surface area (Å²) in [4.78, 5) is 11.9. The lowest BCUT2D eigenvalue weighted by Crippen LogP contribution is -2.03. The Morgan fingerprint density at radius 3 is 2.60 bits per heavy atom. The fraction of sp³-hybridized carbons (Fsp3) is 0.133. The van der Waals surface area contributed by atoms with Crippen molar-refractivity contribution in [2.24, 2.45) is 0 Å². The summed E-state index contributed by atoms with van der Waals surface area (Å²) in [6.45, 7) is 0. The number of nitrogens with two attached hydrogens (primary N) is 1. The fourth-order valence-electron chi connectivity index (χ4n) is 1.82. The molecule has 0 heterocycles. The van der Waals surface area contributed by atoms with Gasteiger partial charge in [-0.3, -0.25) is 4.79 Å². The molecule has 2 rings (SSSR count). The zero-order valence-corrected chi connectivity index (χ0v) is 13.1. The monoisotopic (exact) mass is 351 g/mol. The van der Waals surface area contributed by atoms with Crippen molar-refractivity contribution in [3.05, 3.63) is 58.1 Å². The molecule has 20 heavy (non-hydrogen) atoms. The standard InChI is InChI=1S/C15H14BrNO2S/c16-12-5-6-13(17)14(8-12)20-9-11-4-2-1-3-10(11)7-15(18)19/h1-6,8H,7,9,17H2,(H,18,19). The number of carbonyl (C=O) groups is 1. The van der Waals surface area contributed by atoms with Crippen LogP contribution in [0.3, 0.4) is 0 Å². The van der Waals surface area contributed by atoms with E-state index in [1.807, 2.05) is 42.5 Å². The maximum atomic E-state index is 10.9. The summed E-state index contributed by atoms with van der Waals surface area (Å²) >= 11 is 5.03. The molecule has 0 spiro atoms. The molecule has 3 N–H and O–H groups in total. The van der Waals surface area contributed by atoms with E-state index >= 15 is 0 Å². The molecule has 104 valence electrons. The zero-order chi connectivity index (χ0) is 14.5. The second kappa shape index (κ2) is 6.81. The summed E-state index contributed by atoms with van der Waals surface area (Å²) in [5.41, 5.74) is 8.54. The Hall–Kier alpha value is -1.46. The number of nitrogen functional groups attached to an aromatic ring is 1. The lowest BCUT2D eigenvalue weighted by Gasteiger charge is -2.09. The minimum Gasteiger partial charge on any atom is -0.481 e. The van der Waals surface area contributed by atoms with E-state index in [4.69, 9.17) is 10.8 Å². The minimum absolute atomic E-state index is 0.0463. The van der Waals surface area contributed by atoms with Crippen LogP contribution in [0.25, 0.3) is 0 Å². The van der Waals surface area contributed by atoms with E-state index in [1.165, 1.54) is 0 Å². The van der Waals surface area contributed by atoms with Crippen LogP contribution in [0.15, 0.2) is 51.8 Å². The van der Waals surface area contributed by atoms with Gasteiger partial charge in [-0.2, -0.15) is 0 Å². The van der Waals surface area contributed by atoms with Gasteiger partial charge in [0.15, 0.2) is 0 Å². The highest BCUT2D eigenvalue weighted by molar-refractivity contribution is 9.10. The molecule has 0 aliphatic carbocycles. The molecule has 3 nitrogen and oxygen atoms in total. The van der Waals surface area contributed by atoms with Crippen molar-refractivity contribution in [2.45, 2.75) is 17.1 Å². The van der Waals surface area contributed by atoms with Gasteiger partial charge in [0.2, 0.25) is 0 Å². The lowest BCUT2D eigenvalue weighted by atomic mass is 10.1. The Morgan fingerprint density at radius 2 is 1.90 bits per heavy atom. The van der Waals surface area contributed by atoms with Crippen LogP contribution in [0.1, 0.15) is 11.1 Å². The van der Waals surface area contributed by atoms with Crippen LogP contribution < -0.4 is 5.73 Å². The van der Waals surface area contributed by atoms with E-state index in [-0.39, 0.29) is 6.42 Å². The van der Waals surface area contributed by atoms with Crippen molar-refractivity contribution in [2.75, 3.05) is 5.73 Å². The van der Waals surface area contributed by atoms with Crippen molar-refractivity contribution >= 4 is 39.3 Å². The Balaban J connectivity index is 2.14. The largest absolute Gasteiger partial charge is 0.481 e. The van der Waals surface area contributed by atoms with Crippen molar-refractivity contribution in [1.82, 2.24) is 0 Å². The molecule has 0 saturated carbocycles. The van der Waals surface area contributed by atoms with Gasteiger partial charge in [0.05, 0.1) is 6.42 Å². The van der Waals surface area contributed by atoms with Gasteiger partial charge >= 0.3 is 5.97 Å². The summed E-state index contributed by atoms with van der Waals surface area (Å²) < 4.78 is 0.980. The van der Waals surface area contributed by atoms with E-state index < -0.39 is 5.97 Å². The predicted octanol–water partition coefficient (Wildman–Crippen LogP) is 3.95. The van der Waals surface area contributed by atoms with Crippen LogP contribution in [-0.2, 0) is 17.0 Å². The van der Waals surface area contributed by atoms with Crippen LogP contribution in [0.4, 0.5) is 5.69 Å². The second-order valence-corrected chi connectivity index (χ2v) is 6.24. The highest BCUT2D eigenvalue weighted by Gasteiger charge is 2.08. The van der Waals surface area contributed by atoms with E-state index in [0.29, 0.717) is 5.75 Å². The third-order valence-electron chi connectivity index (χ3n) is 2.82. The number of benzene rings is 2. The van der Waals surface area contributed by atoms with Crippen LogP contribution >= 0.6 is 27.7 Å². The molecular weight excluding hydrogens is 338 g/mol. The maximum Gasteiger partial charge on any atom is 0.307 e. The highest BCUT2D eigenvalue weighted by Crippen LogP contribution is 2.31. The number of thioether (sulfide) groups is 1. The zero-order valence-electron chi connectivity index (χ0n) is 10.7. The highest BCUT2D eigenvalue weighted by atomic mass is 79.9. The van der Waals surface area contributed by atoms with Gasteiger partial charge in [0.25, 0.3) is 0 Å². The summed E-state index contributed by atoms with van der Waals surface area (Å²) in [6.07, 6.45) is 0.0463. The van der Waals surface area contributed by atoms with E-state index in [2.05, 4.69) is 15.9 Å². The number of aliphatic carboxylic acids is 1. The first kappa shape index (κ1) is 14.9. The van der Waals surface area contributed by atoms with Crippen molar-refractivity contribution in [1.29, 1.82) is 0 Å². The Morgan fingerprint density at radius 1 is 1.20 bits per heavy atom. The van der Waals surface area contributed by atoms with E-state index in [1.54, 1.807) is 11.8 Å². The number of anilines is 1. The molecule has 2 aromatic rings. The Labute approximate surface area is 130 Å². The minimum atomic E-state index is -0.815. The van der Waals surface area contributed by atoms with Gasteiger partial charge in [-0.15, -0.1) is 11.8 Å². The first-order chi connectivity index (χ1) is 9.56. The molecular formula is C15H14BrNO2S. The van der Waals surface area contributed by atoms with Crippen molar-refractivity contribution in [3.63, 3.8) is 0 Å². The lowest BCUT2D eigenvalue weighted by molar-refractivity contribution is -0.136. The number of carboxylic acids is 1. The molecule has 0 radical (unpaired) electrons. The van der Waals surface area contributed by atoms with Crippen LogP contribution in [0.2, 0.25) is 0 Å². The summed E-state index contributed by atoms with van der Waals surface area (Å²) in [5, 5.41) is 8.92. The molecule has 0 amide bonds. The molecule has 0 aromatic heterocycles. The molecule has 0 saturated heterocycles. The Bertz CT molecular complexity index is 631. The number of rotatable bonds is 5. The molecule has 5 heteroatoms. The van der Waals surface area contributed by atoms with Gasteiger partial charge in [-0.05, 0) is 29.3 Å². The fourth-order valence-corrected chi connectivity index (χ4v) is 3.37. The number of carboxylic acid groups (broad SMARTS) is 1. The third kappa shape index (κ3) is 4.02. The van der Waals surface area contributed by atoms with Gasteiger partial charge in [-0.25, -0.2) is 0 Å². The third-order valence-corrected chi connectivity index (χ3v) is 4.43. The second-order valence-electron chi connectivity index (χ2n) is 4.31. The van der Waals surface area contributed by atoms with Gasteiger partial charge in [0.1, 0.15) is 0 Å². The summed E-state index contributed by atoms with van der Waals surface area (Å²) in [6, 6.07) is 13.3. The molecule has 0 aliphatic rings. The number of hydrogen-bond donors (Lipinski definition) is 2. The topological polar surface area (TPSA) is 63.3 Å². The maximum absolute atomic E-state index is 10.9. The SMILES string of the molecule is Nc1ccc(Br)cc1SCc1ccccc1CC(=O)O. The van der Waals surface area contributed by atoms with Crippen LogP contribution in [0.5, 0.6) is 0 Å². The number of hydrogen-bond acceptors (Lipinski definition) is 3. The smallest absolute Gasteiger partial charge is 0.307 e. The average Bonchev–Trinajstić information content (AvgIpc) is 2.41. The average molecular weight is 352 g/mol. The van der Waals surface area contributed by atoms with Gasteiger partial charge in [0, 0.05) is 20.8 Å². The van der Waals surface area contributed by atoms with Crippen LogP contribution in [0, 0.1) is 0 Å². The first-order valence-corrected chi connectivity index (χ1v) is 7.80. The quantitative estimate of drug-likeness (QED) is 0.632. The molecule has 0 unspecified atom stereocenters. The van der Waals surface area contributed by atoms with E-state index in [0.717, 1.165) is 26.2 Å². The van der Waals surface area contributed by atoms with Gasteiger partial charge < -0.3 is 10.8 Å². The van der Waals surface area contributed by atoms with Crippen molar-refractivity contribution in [3.8, 4) is 0 Å². The van der Waals surface area contributed by atoms with E-state index in [9.17, 15) is 4.79 Å². The molecule has 0 aliphatic heterocycles. The molecule has 0 atom stereocenters. The molecule has 0 bridgehead atoms. The molecule has 2 aromatic carbocycles. The Kier molecular flexibility index (Phi) is 5.09. The molecule has 0 fully saturated rings. The summed E-state index contributed by atoms with van der Waals surface area (Å²) in [7, 11) is 0. The number of halogens is 1.